The van der Waals surface area contributed by atoms with Crippen molar-refractivity contribution < 1.29 is 18.8 Å². The van der Waals surface area contributed by atoms with Gasteiger partial charge in [0.15, 0.2) is 0 Å². The van der Waals surface area contributed by atoms with E-state index in [4.69, 9.17) is 0 Å². The van der Waals surface area contributed by atoms with Crippen LogP contribution < -0.4 is 5.32 Å². The van der Waals surface area contributed by atoms with Crippen molar-refractivity contribution in [3.05, 3.63) is 101 Å². The van der Waals surface area contributed by atoms with Crippen LogP contribution >= 0.6 is 0 Å². The monoisotopic (exact) mass is 438 g/mol. The molecular weight excluding hydrogens is 419 g/mol. The van der Waals surface area contributed by atoms with E-state index in [2.05, 4.69) is 11.4 Å². The van der Waals surface area contributed by atoms with Gasteiger partial charge in [0.25, 0.3) is 11.8 Å². The summed E-state index contributed by atoms with van der Waals surface area (Å²) < 4.78 is 13.2. The Morgan fingerprint density at radius 1 is 0.818 bits per heavy atom. The Hall–Kier alpha value is -4.32. The summed E-state index contributed by atoms with van der Waals surface area (Å²) >= 11 is 0. The molecule has 1 N–H and O–H groups in total. The first-order valence-electron chi connectivity index (χ1n) is 10.5. The molecule has 0 saturated carbocycles. The van der Waals surface area contributed by atoms with Crippen LogP contribution in [0.1, 0.15) is 11.1 Å². The molecule has 1 saturated heterocycles. The Kier molecular flexibility index (Phi) is 5.18. The lowest BCUT2D eigenvalue weighted by atomic mass is 9.94. The maximum atomic E-state index is 13.2. The molecule has 0 atom stereocenters. The number of hydrogen-bond acceptors (Lipinski definition) is 3. The van der Waals surface area contributed by atoms with Gasteiger partial charge in [0, 0.05) is 6.54 Å². The van der Waals surface area contributed by atoms with Crippen LogP contribution in [-0.4, -0.2) is 29.3 Å². The summed E-state index contributed by atoms with van der Waals surface area (Å²) in [5.74, 6) is -1.73. The third-order valence-electron chi connectivity index (χ3n) is 5.82. The fourth-order valence-electron chi connectivity index (χ4n) is 4.14. The first kappa shape index (κ1) is 20.6. The number of barbiturate groups is 1. The highest BCUT2D eigenvalue weighted by Crippen LogP contribution is 2.31. The second-order valence-corrected chi connectivity index (χ2v) is 7.88. The topological polar surface area (TPSA) is 66.5 Å². The highest BCUT2D eigenvalue weighted by Gasteiger charge is 2.35. The quantitative estimate of drug-likeness (QED) is 0.282. The van der Waals surface area contributed by atoms with Crippen molar-refractivity contribution in [2.45, 2.75) is 6.42 Å². The molecule has 6 heteroatoms. The Labute approximate surface area is 189 Å². The predicted octanol–water partition coefficient (Wildman–Crippen LogP) is 4.84. The number of carbonyl (C=O) groups is 3. The van der Waals surface area contributed by atoms with Gasteiger partial charge in [-0.25, -0.2) is 9.18 Å². The molecule has 5 rings (SSSR count). The molecule has 0 radical (unpaired) electrons. The van der Waals surface area contributed by atoms with Gasteiger partial charge in [-0.05, 0) is 63.4 Å². The molecule has 33 heavy (non-hydrogen) atoms. The average molecular weight is 438 g/mol. The van der Waals surface area contributed by atoms with E-state index in [-0.39, 0.29) is 17.9 Å². The molecule has 1 aliphatic heterocycles. The lowest BCUT2D eigenvalue weighted by molar-refractivity contribution is -0.130. The van der Waals surface area contributed by atoms with E-state index in [1.807, 2.05) is 48.5 Å². The lowest BCUT2D eigenvalue weighted by Crippen LogP contribution is -2.54. The average Bonchev–Trinajstić information content (AvgIpc) is 2.82. The molecule has 1 fully saturated rings. The fourth-order valence-corrected chi connectivity index (χ4v) is 4.14. The van der Waals surface area contributed by atoms with Crippen LogP contribution in [0.4, 0.5) is 9.18 Å². The zero-order chi connectivity index (χ0) is 22.9. The van der Waals surface area contributed by atoms with Crippen LogP contribution in [0, 0.1) is 5.82 Å². The molecule has 0 spiro atoms. The minimum absolute atomic E-state index is 0.0667. The van der Waals surface area contributed by atoms with Crippen LogP contribution in [-0.2, 0) is 16.0 Å². The number of benzene rings is 4. The molecule has 0 aliphatic carbocycles. The van der Waals surface area contributed by atoms with Gasteiger partial charge >= 0.3 is 6.03 Å². The van der Waals surface area contributed by atoms with E-state index >= 15 is 0 Å². The number of halogens is 1. The van der Waals surface area contributed by atoms with Crippen LogP contribution in [0.3, 0.4) is 0 Å². The van der Waals surface area contributed by atoms with Gasteiger partial charge in [0.05, 0.1) is 0 Å². The van der Waals surface area contributed by atoms with Crippen LogP contribution in [0.5, 0.6) is 0 Å². The first-order chi connectivity index (χ1) is 16.0. The van der Waals surface area contributed by atoms with Crippen molar-refractivity contribution in [1.29, 1.82) is 0 Å². The van der Waals surface area contributed by atoms with E-state index in [1.165, 1.54) is 12.1 Å². The summed E-state index contributed by atoms with van der Waals surface area (Å²) in [7, 11) is 0. The number of nitrogens with zero attached hydrogens (tertiary/aromatic N) is 1. The number of carbonyl (C=O) groups excluding carboxylic acids is 3. The standard InChI is InChI=1S/C27H19FN2O3/c28-20-11-9-17(10-12-20)13-14-30-26(32)24(25(31)29-27(30)33)16-23-21-7-3-1-5-18(21)15-19-6-2-4-8-22(19)23/h1-12,15-16H,13-14H2,(H,29,31,33). The molecule has 1 aliphatic rings. The minimum Gasteiger partial charge on any atom is -0.273 e. The summed E-state index contributed by atoms with van der Waals surface area (Å²) in [6.07, 6.45) is 1.91. The van der Waals surface area contributed by atoms with Crippen LogP contribution in [0.25, 0.3) is 27.6 Å². The molecule has 4 amide bonds. The molecule has 4 aromatic carbocycles. The van der Waals surface area contributed by atoms with E-state index in [0.29, 0.717) is 6.42 Å². The van der Waals surface area contributed by atoms with E-state index < -0.39 is 17.8 Å². The molecule has 0 bridgehead atoms. The van der Waals surface area contributed by atoms with Gasteiger partial charge < -0.3 is 0 Å². The van der Waals surface area contributed by atoms with Crippen molar-refractivity contribution in [3.8, 4) is 0 Å². The van der Waals surface area contributed by atoms with E-state index in [9.17, 15) is 18.8 Å². The van der Waals surface area contributed by atoms with E-state index in [0.717, 1.165) is 37.6 Å². The fraction of sp³-hybridized carbons (Fsp3) is 0.0741. The Bertz CT molecular complexity index is 1400. The molecule has 1 heterocycles. The summed E-state index contributed by atoms with van der Waals surface area (Å²) in [4.78, 5) is 39.3. The number of urea groups is 1. The summed E-state index contributed by atoms with van der Waals surface area (Å²) in [5, 5.41) is 6.04. The maximum absolute atomic E-state index is 13.2. The molecule has 5 nitrogen and oxygen atoms in total. The number of rotatable bonds is 4. The summed E-state index contributed by atoms with van der Waals surface area (Å²) in [5.41, 5.74) is 1.42. The van der Waals surface area contributed by atoms with Crippen molar-refractivity contribution in [2.24, 2.45) is 0 Å². The zero-order valence-corrected chi connectivity index (χ0v) is 17.5. The van der Waals surface area contributed by atoms with Crippen LogP contribution in [0.2, 0.25) is 0 Å². The number of fused-ring (bicyclic) bond motifs is 2. The highest BCUT2D eigenvalue weighted by molar-refractivity contribution is 6.31. The molecular formula is C27H19FN2O3. The number of imide groups is 2. The van der Waals surface area contributed by atoms with Gasteiger partial charge in [-0.1, -0.05) is 60.7 Å². The third kappa shape index (κ3) is 3.87. The van der Waals surface area contributed by atoms with Gasteiger partial charge in [0.1, 0.15) is 11.4 Å². The Morgan fingerprint density at radius 2 is 1.42 bits per heavy atom. The lowest BCUT2D eigenvalue weighted by Gasteiger charge is -2.26. The summed E-state index contributed by atoms with van der Waals surface area (Å²) in [6.45, 7) is 0.0667. The maximum Gasteiger partial charge on any atom is 0.331 e. The third-order valence-corrected chi connectivity index (χ3v) is 5.82. The Balaban J connectivity index is 1.55. The van der Waals surface area contributed by atoms with Crippen molar-refractivity contribution in [2.75, 3.05) is 6.54 Å². The second kappa shape index (κ2) is 8.31. The number of hydrogen-bond donors (Lipinski definition) is 1. The number of amides is 4. The molecule has 0 aromatic heterocycles. The second-order valence-electron chi connectivity index (χ2n) is 7.88. The number of nitrogens with one attached hydrogen (secondary N) is 1. The Morgan fingerprint density at radius 3 is 2.06 bits per heavy atom. The van der Waals surface area contributed by atoms with E-state index in [1.54, 1.807) is 18.2 Å². The highest BCUT2D eigenvalue weighted by atomic mass is 19.1. The largest absolute Gasteiger partial charge is 0.331 e. The SMILES string of the molecule is O=C1NC(=O)N(CCc2ccc(F)cc2)C(=O)C1=Cc1c2ccccc2cc2ccccc12. The van der Waals surface area contributed by atoms with Gasteiger partial charge in [-0.15, -0.1) is 0 Å². The first-order valence-corrected chi connectivity index (χ1v) is 10.5. The van der Waals surface area contributed by atoms with Crippen LogP contribution in [0.15, 0.2) is 84.4 Å². The predicted molar refractivity (Wildman–Crippen MR) is 125 cm³/mol. The molecule has 0 unspecified atom stereocenters. The van der Waals surface area contributed by atoms with Gasteiger partial charge in [-0.2, -0.15) is 0 Å². The van der Waals surface area contributed by atoms with Gasteiger partial charge in [-0.3, -0.25) is 19.8 Å². The smallest absolute Gasteiger partial charge is 0.273 e. The van der Waals surface area contributed by atoms with Crippen molar-refractivity contribution in [3.63, 3.8) is 0 Å². The van der Waals surface area contributed by atoms with Crippen molar-refractivity contribution in [1.82, 2.24) is 10.2 Å². The minimum atomic E-state index is -0.757. The summed E-state index contributed by atoms with van der Waals surface area (Å²) in [6, 6.07) is 22.7. The normalized spacial score (nSPS) is 15.5. The zero-order valence-electron chi connectivity index (χ0n) is 17.5. The molecule has 162 valence electrons. The molecule has 4 aromatic rings. The van der Waals surface area contributed by atoms with Crippen molar-refractivity contribution >= 4 is 45.5 Å². The van der Waals surface area contributed by atoms with Gasteiger partial charge in [0.2, 0.25) is 0 Å².